The fraction of sp³-hybridized carbons (Fsp3) is 0.250. The van der Waals surface area contributed by atoms with E-state index in [0.29, 0.717) is 37.0 Å². The predicted octanol–water partition coefficient (Wildman–Crippen LogP) is 1.54. The molecule has 0 radical (unpaired) electrons. The molecule has 1 aromatic carbocycles. The zero-order valence-corrected chi connectivity index (χ0v) is 14.1. The van der Waals surface area contributed by atoms with E-state index >= 15 is 0 Å². The van der Waals surface area contributed by atoms with E-state index in [1.807, 2.05) is 0 Å². The van der Waals surface area contributed by atoms with Crippen LogP contribution in [0.2, 0.25) is 0 Å². The normalized spacial score (nSPS) is 10.7. The molecule has 0 bridgehead atoms. The minimum atomic E-state index is -0.450. The van der Waals surface area contributed by atoms with E-state index in [4.69, 9.17) is 10.5 Å². The van der Waals surface area contributed by atoms with E-state index in [2.05, 4.69) is 20.3 Å². The summed E-state index contributed by atoms with van der Waals surface area (Å²) in [6, 6.07) is 5.93. The molecule has 2 aromatic heterocycles. The molecule has 0 aliphatic rings. The van der Waals surface area contributed by atoms with Crippen molar-refractivity contribution >= 4 is 11.5 Å². The summed E-state index contributed by atoms with van der Waals surface area (Å²) in [4.78, 5) is 18.4. The van der Waals surface area contributed by atoms with Crippen molar-refractivity contribution in [3.63, 3.8) is 0 Å². The average Bonchev–Trinajstić information content (AvgIpc) is 3.05. The lowest BCUT2D eigenvalue weighted by Crippen LogP contribution is -2.07. The number of nitrogen functional groups attached to an aromatic ring is 1. The first kappa shape index (κ1) is 17.3. The van der Waals surface area contributed by atoms with Crippen LogP contribution in [0.3, 0.4) is 0 Å². The van der Waals surface area contributed by atoms with Crippen LogP contribution in [0.1, 0.15) is 17.1 Å². The molecule has 2 N–H and O–H groups in total. The van der Waals surface area contributed by atoms with Crippen molar-refractivity contribution in [3.05, 3.63) is 63.9 Å². The molecular formula is C16H17N7O3. The maximum Gasteiger partial charge on any atom is 0.269 e. The first-order valence-electron chi connectivity index (χ1n) is 7.85. The standard InChI is InChI=1S/C16H17N7O3/c1-11-18-8-12(16(17)19-11)9-22-10-13(20-21-22)6-7-26-15-4-2-14(3-5-15)23(24)25/h2-5,8,10H,6-7,9H2,1H3,(H2,17,18,19). The summed E-state index contributed by atoms with van der Waals surface area (Å²) < 4.78 is 7.22. The fourth-order valence-electron chi connectivity index (χ4n) is 2.28. The first-order valence-corrected chi connectivity index (χ1v) is 7.85. The molecular weight excluding hydrogens is 338 g/mol. The summed E-state index contributed by atoms with van der Waals surface area (Å²) in [5.74, 6) is 1.61. The molecule has 3 aromatic rings. The highest BCUT2D eigenvalue weighted by atomic mass is 16.6. The van der Waals surface area contributed by atoms with Gasteiger partial charge in [-0.05, 0) is 19.1 Å². The smallest absolute Gasteiger partial charge is 0.269 e. The number of non-ortho nitro benzene ring substituents is 1. The number of hydrogen-bond donors (Lipinski definition) is 1. The Morgan fingerprint density at radius 1 is 1.31 bits per heavy atom. The number of benzene rings is 1. The largest absolute Gasteiger partial charge is 0.493 e. The second-order valence-corrected chi connectivity index (χ2v) is 5.58. The molecule has 0 saturated carbocycles. The third kappa shape index (κ3) is 4.29. The van der Waals surface area contributed by atoms with Gasteiger partial charge in [-0.25, -0.2) is 14.6 Å². The molecule has 0 saturated heterocycles. The number of aromatic nitrogens is 5. The van der Waals surface area contributed by atoms with Crippen LogP contribution in [0, 0.1) is 17.0 Å². The second-order valence-electron chi connectivity index (χ2n) is 5.58. The van der Waals surface area contributed by atoms with Crippen molar-refractivity contribution in [1.29, 1.82) is 0 Å². The van der Waals surface area contributed by atoms with E-state index in [1.54, 1.807) is 36.1 Å². The van der Waals surface area contributed by atoms with Crippen LogP contribution < -0.4 is 10.5 Å². The second kappa shape index (κ2) is 7.55. The Morgan fingerprint density at radius 3 is 2.77 bits per heavy atom. The topological polar surface area (TPSA) is 135 Å². The van der Waals surface area contributed by atoms with Crippen LogP contribution in [0.25, 0.3) is 0 Å². The van der Waals surface area contributed by atoms with Crippen molar-refractivity contribution in [3.8, 4) is 5.75 Å². The van der Waals surface area contributed by atoms with Gasteiger partial charge in [-0.3, -0.25) is 10.1 Å². The molecule has 26 heavy (non-hydrogen) atoms. The Hall–Kier alpha value is -3.56. The highest BCUT2D eigenvalue weighted by molar-refractivity contribution is 5.37. The van der Waals surface area contributed by atoms with E-state index in [9.17, 15) is 10.1 Å². The zero-order chi connectivity index (χ0) is 18.5. The summed E-state index contributed by atoms with van der Waals surface area (Å²) in [5.41, 5.74) is 7.44. The van der Waals surface area contributed by atoms with Gasteiger partial charge in [0.2, 0.25) is 0 Å². The molecule has 10 heteroatoms. The van der Waals surface area contributed by atoms with Gasteiger partial charge >= 0.3 is 0 Å². The Morgan fingerprint density at radius 2 is 2.08 bits per heavy atom. The SMILES string of the molecule is Cc1ncc(Cn2cc(CCOc3ccc([N+](=O)[O-])cc3)nn2)c(N)n1. The van der Waals surface area contributed by atoms with Crippen LogP contribution in [0.5, 0.6) is 5.75 Å². The molecule has 134 valence electrons. The average molecular weight is 355 g/mol. The van der Waals surface area contributed by atoms with Gasteiger partial charge in [-0.15, -0.1) is 5.10 Å². The fourth-order valence-corrected chi connectivity index (χ4v) is 2.28. The number of hydrogen-bond acceptors (Lipinski definition) is 8. The minimum Gasteiger partial charge on any atom is -0.493 e. The maximum atomic E-state index is 10.6. The van der Waals surface area contributed by atoms with Crippen LogP contribution in [0.15, 0.2) is 36.7 Å². The number of aryl methyl sites for hydroxylation is 1. The molecule has 0 amide bonds. The van der Waals surface area contributed by atoms with E-state index in [-0.39, 0.29) is 5.69 Å². The van der Waals surface area contributed by atoms with E-state index in [0.717, 1.165) is 11.3 Å². The maximum absolute atomic E-state index is 10.6. The molecule has 0 unspecified atom stereocenters. The lowest BCUT2D eigenvalue weighted by Gasteiger charge is -2.05. The van der Waals surface area contributed by atoms with Gasteiger partial charge in [0.15, 0.2) is 0 Å². The highest BCUT2D eigenvalue weighted by Crippen LogP contribution is 2.17. The summed E-state index contributed by atoms with van der Waals surface area (Å²) in [5, 5.41) is 18.8. The van der Waals surface area contributed by atoms with Gasteiger partial charge in [0, 0.05) is 36.5 Å². The third-order valence-corrected chi connectivity index (χ3v) is 3.61. The Balaban J connectivity index is 1.52. The van der Waals surface area contributed by atoms with Gasteiger partial charge in [0.05, 0.1) is 23.8 Å². The van der Waals surface area contributed by atoms with Crippen LogP contribution in [-0.4, -0.2) is 36.5 Å². The number of ether oxygens (including phenoxy) is 1. The number of nitrogens with two attached hydrogens (primary N) is 1. The molecule has 10 nitrogen and oxygen atoms in total. The van der Waals surface area contributed by atoms with Crippen molar-refractivity contribution in [2.24, 2.45) is 0 Å². The third-order valence-electron chi connectivity index (χ3n) is 3.61. The number of nitro benzene ring substituents is 1. The Labute approximate surface area is 148 Å². The molecule has 3 rings (SSSR count). The quantitative estimate of drug-likeness (QED) is 0.498. The van der Waals surface area contributed by atoms with Crippen molar-refractivity contribution < 1.29 is 9.66 Å². The molecule has 0 aliphatic carbocycles. The zero-order valence-electron chi connectivity index (χ0n) is 14.1. The number of nitro groups is 1. The first-order chi connectivity index (χ1) is 12.5. The Kier molecular flexibility index (Phi) is 5.02. The van der Waals surface area contributed by atoms with Crippen LogP contribution in [0.4, 0.5) is 11.5 Å². The molecule has 0 fully saturated rings. The van der Waals surface area contributed by atoms with Crippen LogP contribution in [-0.2, 0) is 13.0 Å². The molecule has 0 aliphatic heterocycles. The van der Waals surface area contributed by atoms with Crippen molar-refractivity contribution in [1.82, 2.24) is 25.0 Å². The van der Waals surface area contributed by atoms with Gasteiger partial charge in [0.25, 0.3) is 5.69 Å². The minimum absolute atomic E-state index is 0.0275. The van der Waals surface area contributed by atoms with Crippen molar-refractivity contribution in [2.45, 2.75) is 19.9 Å². The van der Waals surface area contributed by atoms with E-state index in [1.165, 1.54) is 12.1 Å². The number of anilines is 1. The summed E-state index contributed by atoms with van der Waals surface area (Å²) in [6.07, 6.45) is 4.03. The predicted molar refractivity (Wildman–Crippen MR) is 92.6 cm³/mol. The monoisotopic (exact) mass is 355 g/mol. The number of nitrogens with zero attached hydrogens (tertiary/aromatic N) is 6. The van der Waals surface area contributed by atoms with Crippen LogP contribution >= 0.6 is 0 Å². The van der Waals surface area contributed by atoms with E-state index < -0.39 is 4.92 Å². The van der Waals surface area contributed by atoms with Gasteiger partial charge in [0.1, 0.15) is 17.4 Å². The van der Waals surface area contributed by atoms with Gasteiger partial charge < -0.3 is 10.5 Å². The summed E-state index contributed by atoms with van der Waals surface area (Å²) in [6.45, 7) is 2.59. The van der Waals surface area contributed by atoms with Crippen molar-refractivity contribution in [2.75, 3.05) is 12.3 Å². The number of rotatable bonds is 7. The highest BCUT2D eigenvalue weighted by Gasteiger charge is 2.07. The lowest BCUT2D eigenvalue weighted by molar-refractivity contribution is -0.384. The summed E-state index contributed by atoms with van der Waals surface area (Å²) >= 11 is 0. The summed E-state index contributed by atoms with van der Waals surface area (Å²) in [7, 11) is 0. The van der Waals surface area contributed by atoms with Gasteiger partial charge in [-0.2, -0.15) is 0 Å². The molecule has 0 atom stereocenters. The molecule has 2 heterocycles. The van der Waals surface area contributed by atoms with Gasteiger partial charge in [-0.1, -0.05) is 5.21 Å². The Bertz CT molecular complexity index is 908. The lowest BCUT2D eigenvalue weighted by atomic mass is 10.3. The molecule has 0 spiro atoms.